The van der Waals surface area contributed by atoms with Gasteiger partial charge in [0.05, 0.1) is 7.11 Å². The zero-order valence-electron chi connectivity index (χ0n) is 7.16. The van der Waals surface area contributed by atoms with Crippen LogP contribution in [-0.4, -0.2) is 23.6 Å². The summed E-state index contributed by atoms with van der Waals surface area (Å²) in [6.07, 6.45) is 5.02. The Hall–Kier alpha value is -1.16. The number of rotatable bonds is 4. The van der Waals surface area contributed by atoms with Crippen LogP contribution in [0.25, 0.3) is 0 Å². The Morgan fingerprint density at radius 1 is 1.42 bits per heavy atom. The van der Waals surface area contributed by atoms with Crippen molar-refractivity contribution in [3.8, 4) is 5.88 Å². The molecule has 0 saturated carbocycles. The quantitative estimate of drug-likeness (QED) is 0.704. The normalized spacial score (nSPS) is 9.83. The molecule has 1 rings (SSSR count). The molecule has 0 fully saturated rings. The highest BCUT2D eigenvalue weighted by Gasteiger charge is 2.02. The van der Waals surface area contributed by atoms with Gasteiger partial charge in [-0.15, -0.1) is 0 Å². The third-order valence-electron chi connectivity index (χ3n) is 1.55. The second-order valence-corrected chi connectivity index (χ2v) is 2.40. The van der Waals surface area contributed by atoms with Crippen LogP contribution in [0.3, 0.4) is 0 Å². The minimum atomic E-state index is 0.603. The van der Waals surface area contributed by atoms with Crippen LogP contribution in [0.1, 0.15) is 12.1 Å². The number of nitrogens with two attached hydrogens (primary N) is 1. The van der Waals surface area contributed by atoms with Gasteiger partial charge >= 0.3 is 0 Å². The van der Waals surface area contributed by atoms with E-state index in [0.29, 0.717) is 12.4 Å². The highest BCUT2D eigenvalue weighted by atomic mass is 16.5. The highest BCUT2D eigenvalue weighted by Crippen LogP contribution is 2.11. The first-order valence-electron chi connectivity index (χ1n) is 3.92. The summed E-state index contributed by atoms with van der Waals surface area (Å²) in [5, 5.41) is 0. The summed E-state index contributed by atoms with van der Waals surface area (Å²) >= 11 is 0. The van der Waals surface area contributed by atoms with E-state index in [1.54, 1.807) is 19.5 Å². The van der Waals surface area contributed by atoms with Crippen molar-refractivity contribution in [2.75, 3.05) is 13.7 Å². The van der Waals surface area contributed by atoms with Crippen LogP contribution in [0.5, 0.6) is 5.88 Å². The van der Waals surface area contributed by atoms with Gasteiger partial charge in [-0.05, 0) is 19.4 Å². The fourth-order valence-electron chi connectivity index (χ4n) is 0.966. The van der Waals surface area contributed by atoms with Crippen LogP contribution in [0.2, 0.25) is 0 Å². The number of ether oxygens (including phenoxy) is 1. The molecule has 0 aromatic carbocycles. The van der Waals surface area contributed by atoms with Gasteiger partial charge in [0.25, 0.3) is 0 Å². The molecule has 2 N–H and O–H groups in total. The lowest BCUT2D eigenvalue weighted by molar-refractivity contribution is 0.388. The third-order valence-corrected chi connectivity index (χ3v) is 1.55. The molecule has 0 aliphatic rings. The van der Waals surface area contributed by atoms with E-state index < -0.39 is 0 Å². The van der Waals surface area contributed by atoms with Gasteiger partial charge in [0.15, 0.2) is 0 Å². The van der Waals surface area contributed by atoms with E-state index in [1.165, 1.54) is 0 Å². The summed E-state index contributed by atoms with van der Waals surface area (Å²) in [6, 6.07) is 0. The van der Waals surface area contributed by atoms with Crippen molar-refractivity contribution in [3.05, 3.63) is 18.1 Å². The van der Waals surface area contributed by atoms with Crippen molar-refractivity contribution in [3.63, 3.8) is 0 Å². The lowest BCUT2D eigenvalue weighted by Gasteiger charge is -2.03. The number of nitrogens with zero attached hydrogens (tertiary/aromatic N) is 2. The van der Waals surface area contributed by atoms with E-state index in [2.05, 4.69) is 9.97 Å². The number of aromatic nitrogens is 2. The van der Waals surface area contributed by atoms with Crippen LogP contribution in [0.15, 0.2) is 12.4 Å². The van der Waals surface area contributed by atoms with Gasteiger partial charge in [0, 0.05) is 12.4 Å². The average Bonchev–Trinajstić information content (AvgIpc) is 2.15. The molecular weight excluding hydrogens is 154 g/mol. The van der Waals surface area contributed by atoms with Crippen LogP contribution < -0.4 is 10.5 Å². The Morgan fingerprint density at radius 2 is 2.17 bits per heavy atom. The second kappa shape index (κ2) is 4.66. The van der Waals surface area contributed by atoms with Crippen LogP contribution in [0, 0.1) is 0 Å². The topological polar surface area (TPSA) is 61.0 Å². The van der Waals surface area contributed by atoms with Crippen molar-refractivity contribution in [1.82, 2.24) is 9.97 Å². The molecule has 0 atom stereocenters. The van der Waals surface area contributed by atoms with E-state index in [1.807, 2.05) is 0 Å². The molecule has 0 spiro atoms. The molecule has 0 unspecified atom stereocenters. The molecule has 0 bridgehead atoms. The van der Waals surface area contributed by atoms with Crippen LogP contribution >= 0.6 is 0 Å². The summed E-state index contributed by atoms with van der Waals surface area (Å²) in [7, 11) is 1.59. The SMILES string of the molecule is COc1nccnc1CCCN. The molecule has 12 heavy (non-hydrogen) atoms. The lowest BCUT2D eigenvalue weighted by Crippen LogP contribution is -2.03. The third kappa shape index (κ3) is 2.17. The zero-order chi connectivity index (χ0) is 8.81. The number of aryl methyl sites for hydroxylation is 1. The first-order valence-corrected chi connectivity index (χ1v) is 3.92. The summed E-state index contributed by atoms with van der Waals surface area (Å²) in [5.74, 6) is 0.603. The molecule has 0 saturated heterocycles. The maximum absolute atomic E-state index is 5.38. The summed E-state index contributed by atoms with van der Waals surface area (Å²) in [4.78, 5) is 8.17. The Balaban J connectivity index is 2.68. The predicted molar refractivity (Wildman–Crippen MR) is 46.0 cm³/mol. The molecule has 0 aliphatic carbocycles. The van der Waals surface area contributed by atoms with Gasteiger partial charge in [-0.25, -0.2) is 4.98 Å². The minimum Gasteiger partial charge on any atom is -0.480 e. The maximum atomic E-state index is 5.38. The van der Waals surface area contributed by atoms with E-state index in [4.69, 9.17) is 10.5 Å². The highest BCUT2D eigenvalue weighted by molar-refractivity contribution is 5.16. The van der Waals surface area contributed by atoms with E-state index in [0.717, 1.165) is 18.5 Å². The zero-order valence-corrected chi connectivity index (χ0v) is 7.16. The van der Waals surface area contributed by atoms with Crippen LogP contribution in [-0.2, 0) is 6.42 Å². The van der Waals surface area contributed by atoms with Crippen molar-refractivity contribution in [2.24, 2.45) is 5.73 Å². The summed E-state index contributed by atoms with van der Waals surface area (Å²) in [6.45, 7) is 0.666. The van der Waals surface area contributed by atoms with E-state index in [9.17, 15) is 0 Å². The summed E-state index contributed by atoms with van der Waals surface area (Å²) in [5.41, 5.74) is 6.26. The lowest BCUT2D eigenvalue weighted by atomic mass is 10.2. The first kappa shape index (κ1) is 8.93. The van der Waals surface area contributed by atoms with Gasteiger partial charge in [0.1, 0.15) is 5.69 Å². The van der Waals surface area contributed by atoms with Crippen molar-refractivity contribution >= 4 is 0 Å². The molecular formula is C8H13N3O. The number of methoxy groups -OCH3 is 1. The standard InChI is InChI=1S/C8H13N3O/c1-12-8-7(3-2-4-9)10-5-6-11-8/h5-6H,2-4,9H2,1H3. The molecule has 1 aromatic heterocycles. The fraction of sp³-hybridized carbons (Fsp3) is 0.500. The van der Waals surface area contributed by atoms with Gasteiger partial charge in [0.2, 0.25) is 5.88 Å². The fourth-order valence-corrected chi connectivity index (χ4v) is 0.966. The Morgan fingerprint density at radius 3 is 2.83 bits per heavy atom. The number of hydrogen-bond donors (Lipinski definition) is 1. The molecule has 4 heteroatoms. The second-order valence-electron chi connectivity index (χ2n) is 2.40. The van der Waals surface area contributed by atoms with Gasteiger partial charge in [-0.2, -0.15) is 0 Å². The Labute approximate surface area is 71.8 Å². The monoisotopic (exact) mass is 167 g/mol. The van der Waals surface area contributed by atoms with Crippen molar-refractivity contribution in [1.29, 1.82) is 0 Å². The predicted octanol–water partition coefficient (Wildman–Crippen LogP) is 0.376. The molecule has 4 nitrogen and oxygen atoms in total. The van der Waals surface area contributed by atoms with Crippen LogP contribution in [0.4, 0.5) is 0 Å². The smallest absolute Gasteiger partial charge is 0.235 e. The average molecular weight is 167 g/mol. The summed E-state index contributed by atoms with van der Waals surface area (Å²) < 4.78 is 5.03. The van der Waals surface area contributed by atoms with Gasteiger partial charge in [-0.3, -0.25) is 4.98 Å². The molecule has 0 radical (unpaired) electrons. The maximum Gasteiger partial charge on any atom is 0.235 e. The van der Waals surface area contributed by atoms with Gasteiger partial charge in [-0.1, -0.05) is 0 Å². The molecule has 66 valence electrons. The van der Waals surface area contributed by atoms with Gasteiger partial charge < -0.3 is 10.5 Å². The first-order chi connectivity index (χ1) is 5.88. The Kier molecular flexibility index (Phi) is 3.47. The molecule has 0 amide bonds. The largest absolute Gasteiger partial charge is 0.480 e. The minimum absolute atomic E-state index is 0.603. The Bertz CT molecular complexity index is 239. The molecule has 0 aliphatic heterocycles. The van der Waals surface area contributed by atoms with E-state index >= 15 is 0 Å². The molecule has 1 heterocycles. The number of hydrogen-bond acceptors (Lipinski definition) is 4. The van der Waals surface area contributed by atoms with Crippen molar-refractivity contribution in [2.45, 2.75) is 12.8 Å². The van der Waals surface area contributed by atoms with Crippen molar-refractivity contribution < 1.29 is 4.74 Å². The molecule has 1 aromatic rings. The van der Waals surface area contributed by atoms with E-state index in [-0.39, 0.29) is 0 Å².